The second-order valence-corrected chi connectivity index (χ2v) is 9.33. The van der Waals surface area contributed by atoms with E-state index in [1.807, 2.05) is 0 Å². The Kier molecular flexibility index (Phi) is 5.98. The van der Waals surface area contributed by atoms with E-state index in [-0.39, 0.29) is 31.2 Å². The standard InChI is InChI=1S/C19H12Cl4O5S/c20-11-3-1-10(2-4-11)19(29(26,27)28,13-9-12(21)5-8-16(13)24)17-14(22)6-7-15(23)18(17)25/h1-9,24-25H,(H,26,27,28). The minimum atomic E-state index is -5.16. The van der Waals surface area contributed by atoms with Gasteiger partial charge in [0.05, 0.1) is 5.02 Å². The summed E-state index contributed by atoms with van der Waals surface area (Å²) in [5.41, 5.74) is -0.857. The maximum atomic E-state index is 13.0. The molecule has 5 nitrogen and oxygen atoms in total. The molecular weight excluding hydrogens is 482 g/mol. The third-order valence-corrected chi connectivity index (χ3v) is 6.95. The van der Waals surface area contributed by atoms with Gasteiger partial charge in [0.2, 0.25) is 0 Å². The molecule has 1 unspecified atom stereocenters. The number of benzene rings is 3. The molecule has 0 aliphatic carbocycles. The number of hydrogen-bond acceptors (Lipinski definition) is 4. The maximum Gasteiger partial charge on any atom is 0.283 e. The van der Waals surface area contributed by atoms with E-state index in [0.717, 1.165) is 12.1 Å². The molecule has 0 fully saturated rings. The van der Waals surface area contributed by atoms with Crippen molar-refractivity contribution in [1.29, 1.82) is 0 Å². The highest BCUT2D eigenvalue weighted by atomic mass is 35.5. The Bertz CT molecular complexity index is 1200. The van der Waals surface area contributed by atoms with Gasteiger partial charge in [0.1, 0.15) is 11.5 Å². The normalized spacial score (nSPS) is 13.8. The van der Waals surface area contributed by atoms with E-state index in [0.29, 0.717) is 0 Å². The molecule has 3 N–H and O–H groups in total. The lowest BCUT2D eigenvalue weighted by Gasteiger charge is -2.34. The fourth-order valence-corrected chi connectivity index (χ4v) is 5.35. The van der Waals surface area contributed by atoms with Gasteiger partial charge in [-0.05, 0) is 48.0 Å². The summed E-state index contributed by atoms with van der Waals surface area (Å²) < 4.78 is 33.9. The highest BCUT2D eigenvalue weighted by Gasteiger charge is 2.53. The van der Waals surface area contributed by atoms with E-state index in [1.54, 1.807) is 0 Å². The highest BCUT2D eigenvalue weighted by molar-refractivity contribution is 7.87. The summed E-state index contributed by atoms with van der Waals surface area (Å²) in [7, 11) is -5.16. The fourth-order valence-electron chi connectivity index (χ4n) is 3.20. The average Bonchev–Trinajstić information content (AvgIpc) is 2.64. The summed E-state index contributed by atoms with van der Waals surface area (Å²) in [6.45, 7) is 0. The molecule has 10 heteroatoms. The molecule has 0 spiro atoms. The Labute approximate surface area is 186 Å². The van der Waals surface area contributed by atoms with Gasteiger partial charge in [-0.25, -0.2) is 0 Å². The van der Waals surface area contributed by atoms with Gasteiger partial charge in [-0.15, -0.1) is 0 Å². The van der Waals surface area contributed by atoms with Crippen LogP contribution in [0.2, 0.25) is 20.1 Å². The van der Waals surface area contributed by atoms with Crippen molar-refractivity contribution in [3.63, 3.8) is 0 Å². The van der Waals surface area contributed by atoms with Gasteiger partial charge in [0.25, 0.3) is 10.1 Å². The van der Waals surface area contributed by atoms with Gasteiger partial charge in [0.15, 0.2) is 4.75 Å². The number of hydrogen-bond donors (Lipinski definition) is 3. The fraction of sp³-hybridized carbons (Fsp3) is 0.0526. The number of phenolic OH excluding ortho intramolecular Hbond substituents is 2. The largest absolute Gasteiger partial charge is 0.508 e. The lowest BCUT2D eigenvalue weighted by atomic mass is 9.83. The topological polar surface area (TPSA) is 94.8 Å². The molecule has 3 aromatic rings. The first-order chi connectivity index (χ1) is 13.5. The average molecular weight is 494 g/mol. The Morgan fingerprint density at radius 1 is 0.759 bits per heavy atom. The molecule has 0 heterocycles. The number of halogens is 4. The van der Waals surface area contributed by atoms with Crippen LogP contribution in [0, 0.1) is 0 Å². The van der Waals surface area contributed by atoms with Crippen LogP contribution < -0.4 is 0 Å². The highest BCUT2D eigenvalue weighted by Crippen LogP contribution is 2.53. The molecule has 0 bridgehead atoms. The minimum Gasteiger partial charge on any atom is -0.508 e. The summed E-state index contributed by atoms with van der Waals surface area (Å²) in [4.78, 5) is 0. The molecule has 152 valence electrons. The monoisotopic (exact) mass is 492 g/mol. The van der Waals surface area contributed by atoms with Crippen molar-refractivity contribution < 1.29 is 23.2 Å². The first kappa shape index (κ1) is 22.0. The molecule has 0 saturated carbocycles. The summed E-state index contributed by atoms with van der Waals surface area (Å²) >= 11 is 24.3. The molecule has 0 aliphatic rings. The quantitative estimate of drug-likeness (QED) is 0.311. The second-order valence-electron chi connectivity index (χ2n) is 6.08. The van der Waals surface area contributed by atoms with E-state index >= 15 is 0 Å². The summed E-state index contributed by atoms with van der Waals surface area (Å²) in [6.07, 6.45) is 0. The zero-order valence-electron chi connectivity index (χ0n) is 14.3. The smallest absolute Gasteiger partial charge is 0.283 e. The number of rotatable bonds is 4. The van der Waals surface area contributed by atoms with Gasteiger partial charge < -0.3 is 10.2 Å². The molecule has 1 atom stereocenters. The van der Waals surface area contributed by atoms with E-state index in [2.05, 4.69) is 0 Å². The predicted molar refractivity (Wildman–Crippen MR) is 114 cm³/mol. The van der Waals surface area contributed by atoms with E-state index < -0.39 is 31.9 Å². The Balaban J connectivity index is 2.65. The Hall–Kier alpha value is -1.67. The van der Waals surface area contributed by atoms with Gasteiger partial charge in [-0.1, -0.05) is 58.5 Å². The van der Waals surface area contributed by atoms with Crippen molar-refractivity contribution in [2.24, 2.45) is 0 Å². The predicted octanol–water partition coefficient (Wildman–Crippen LogP) is 5.89. The molecule has 0 aromatic heterocycles. The van der Waals surface area contributed by atoms with Crippen molar-refractivity contribution in [3.05, 3.63) is 91.4 Å². The van der Waals surface area contributed by atoms with E-state index in [4.69, 9.17) is 46.4 Å². The third kappa shape index (κ3) is 3.65. The van der Waals surface area contributed by atoms with Crippen LogP contribution in [-0.2, 0) is 14.9 Å². The molecule has 0 radical (unpaired) electrons. The van der Waals surface area contributed by atoms with Crippen LogP contribution in [0.15, 0.2) is 54.6 Å². The zero-order valence-corrected chi connectivity index (χ0v) is 18.1. The molecule has 3 aromatic carbocycles. The molecular formula is C19H12Cl4O5S. The molecule has 0 saturated heterocycles. The van der Waals surface area contributed by atoms with Crippen molar-refractivity contribution in [1.82, 2.24) is 0 Å². The molecule has 0 amide bonds. The molecule has 29 heavy (non-hydrogen) atoms. The maximum absolute atomic E-state index is 13.0. The lowest BCUT2D eigenvalue weighted by molar-refractivity contribution is 0.428. The van der Waals surface area contributed by atoms with Crippen molar-refractivity contribution in [2.75, 3.05) is 0 Å². The van der Waals surface area contributed by atoms with Crippen LogP contribution in [0.25, 0.3) is 0 Å². The van der Waals surface area contributed by atoms with Gasteiger partial charge >= 0.3 is 0 Å². The van der Waals surface area contributed by atoms with Gasteiger partial charge in [-0.2, -0.15) is 8.42 Å². The van der Waals surface area contributed by atoms with Crippen LogP contribution >= 0.6 is 46.4 Å². The van der Waals surface area contributed by atoms with E-state index in [1.165, 1.54) is 42.5 Å². The van der Waals surface area contributed by atoms with Crippen molar-refractivity contribution in [3.8, 4) is 11.5 Å². The number of aromatic hydroxyl groups is 2. The van der Waals surface area contributed by atoms with Crippen LogP contribution in [0.5, 0.6) is 11.5 Å². The number of phenols is 2. The minimum absolute atomic E-state index is 0.0671. The second kappa shape index (κ2) is 7.87. The van der Waals surface area contributed by atoms with Crippen LogP contribution in [0.4, 0.5) is 0 Å². The summed E-state index contributed by atoms with van der Waals surface area (Å²) in [6, 6.07) is 11.5. The van der Waals surface area contributed by atoms with Crippen LogP contribution in [0.1, 0.15) is 16.7 Å². The Morgan fingerprint density at radius 3 is 1.90 bits per heavy atom. The van der Waals surface area contributed by atoms with Crippen molar-refractivity contribution in [2.45, 2.75) is 4.75 Å². The first-order valence-electron chi connectivity index (χ1n) is 7.89. The van der Waals surface area contributed by atoms with Crippen LogP contribution in [-0.4, -0.2) is 23.2 Å². The van der Waals surface area contributed by atoms with E-state index in [9.17, 15) is 23.2 Å². The summed E-state index contributed by atoms with van der Waals surface area (Å²) in [5.74, 6) is -1.21. The van der Waals surface area contributed by atoms with Gasteiger partial charge in [-0.3, -0.25) is 4.55 Å². The third-order valence-electron chi connectivity index (χ3n) is 4.41. The van der Waals surface area contributed by atoms with Crippen molar-refractivity contribution >= 4 is 56.5 Å². The summed E-state index contributed by atoms with van der Waals surface area (Å²) in [5, 5.41) is 21.1. The van der Waals surface area contributed by atoms with Gasteiger partial charge in [0, 0.05) is 26.2 Å². The SMILES string of the molecule is O=S(=O)(O)C(c1ccc(Cl)cc1)(c1cc(Cl)ccc1O)c1c(Cl)ccc(Cl)c1O. The Morgan fingerprint density at radius 2 is 1.31 bits per heavy atom. The first-order valence-corrected chi connectivity index (χ1v) is 10.8. The van der Waals surface area contributed by atoms with Crippen LogP contribution in [0.3, 0.4) is 0 Å². The zero-order chi connectivity index (χ0) is 21.6. The lowest BCUT2D eigenvalue weighted by Crippen LogP contribution is -2.38. The molecule has 3 rings (SSSR count). The molecule has 0 aliphatic heterocycles.